The predicted molar refractivity (Wildman–Crippen MR) is 118 cm³/mol. The van der Waals surface area contributed by atoms with E-state index < -0.39 is 0 Å². The first-order chi connectivity index (χ1) is 15.7. The van der Waals surface area contributed by atoms with Crippen molar-refractivity contribution in [3.05, 3.63) is 77.7 Å². The number of carbonyl (C=O) groups is 1. The van der Waals surface area contributed by atoms with Crippen LogP contribution in [0.1, 0.15) is 17.2 Å². The predicted octanol–water partition coefficient (Wildman–Crippen LogP) is 3.61. The van der Waals surface area contributed by atoms with Gasteiger partial charge in [0.05, 0.1) is 37.6 Å². The van der Waals surface area contributed by atoms with E-state index in [4.69, 9.17) is 9.84 Å². The smallest absolute Gasteiger partial charge is 0.228 e. The molecule has 0 radical (unpaired) electrons. The molecule has 4 heterocycles. The molecule has 1 fully saturated rings. The molecule has 0 unspecified atom stereocenters. The topological polar surface area (TPSA) is 71.8 Å². The van der Waals surface area contributed by atoms with E-state index >= 15 is 0 Å². The highest BCUT2D eigenvalue weighted by Crippen LogP contribution is 2.32. The lowest BCUT2D eigenvalue weighted by Gasteiger charge is -2.36. The van der Waals surface area contributed by atoms with Crippen LogP contribution in [0.5, 0.6) is 0 Å². The number of amides is 1. The van der Waals surface area contributed by atoms with Gasteiger partial charge in [0.2, 0.25) is 5.91 Å². The third kappa shape index (κ3) is 3.20. The number of fused-ring (bicyclic) bond motifs is 2. The maximum Gasteiger partial charge on any atom is 0.228 e. The first-order valence-corrected chi connectivity index (χ1v) is 10.5. The van der Waals surface area contributed by atoms with Gasteiger partial charge >= 0.3 is 0 Å². The average Bonchev–Trinajstić information content (AvgIpc) is 3.40. The Morgan fingerprint density at radius 1 is 1.12 bits per heavy atom. The molecule has 0 spiro atoms. The lowest BCUT2D eigenvalue weighted by atomic mass is 10.0. The standard InChI is InChI=1S/C24H20FN5O2/c25-18-3-1-2-16(10-18)21-14-32-9-8-29(21)23-7-6-22-26-13-20(30(22)28-23)17-5-4-15-12-24(31)27-19(15)11-17/h1-7,10-11,13,21H,8-9,12,14H2,(H,27,31)/t21-/m1/s1. The third-order valence-corrected chi connectivity index (χ3v) is 6.04. The van der Waals surface area contributed by atoms with E-state index in [9.17, 15) is 9.18 Å². The van der Waals surface area contributed by atoms with E-state index in [0.29, 0.717) is 26.2 Å². The van der Waals surface area contributed by atoms with E-state index in [1.807, 2.05) is 40.9 Å². The number of anilines is 2. The molecule has 6 rings (SSSR count). The number of hydrogen-bond acceptors (Lipinski definition) is 5. The van der Waals surface area contributed by atoms with E-state index in [2.05, 4.69) is 15.2 Å². The second-order valence-corrected chi connectivity index (χ2v) is 8.04. The number of rotatable bonds is 3. The van der Waals surface area contributed by atoms with Crippen molar-refractivity contribution in [2.75, 3.05) is 30.0 Å². The fourth-order valence-corrected chi connectivity index (χ4v) is 4.46. The molecule has 2 aromatic heterocycles. The molecule has 0 saturated carbocycles. The van der Waals surface area contributed by atoms with Crippen molar-refractivity contribution < 1.29 is 13.9 Å². The number of hydrogen-bond donors (Lipinski definition) is 1. The first-order valence-electron chi connectivity index (χ1n) is 10.5. The van der Waals surface area contributed by atoms with E-state index in [1.165, 1.54) is 6.07 Å². The van der Waals surface area contributed by atoms with Crippen LogP contribution < -0.4 is 10.2 Å². The van der Waals surface area contributed by atoms with Crippen molar-refractivity contribution in [3.63, 3.8) is 0 Å². The van der Waals surface area contributed by atoms with Gasteiger partial charge in [0.15, 0.2) is 5.65 Å². The summed E-state index contributed by atoms with van der Waals surface area (Å²) in [6, 6.07) is 16.3. The van der Waals surface area contributed by atoms with Gasteiger partial charge in [-0.3, -0.25) is 4.79 Å². The van der Waals surface area contributed by atoms with Crippen LogP contribution >= 0.6 is 0 Å². The van der Waals surface area contributed by atoms with Crippen LogP contribution in [0.3, 0.4) is 0 Å². The second-order valence-electron chi connectivity index (χ2n) is 8.04. The van der Waals surface area contributed by atoms with Crippen molar-refractivity contribution in [1.82, 2.24) is 14.6 Å². The number of ether oxygens (including phenoxy) is 1. The molecular weight excluding hydrogens is 409 g/mol. The number of nitrogens with one attached hydrogen (secondary N) is 1. The number of aromatic nitrogens is 3. The van der Waals surface area contributed by atoms with Gasteiger partial charge in [-0.25, -0.2) is 13.9 Å². The lowest BCUT2D eigenvalue weighted by Crippen LogP contribution is -2.40. The van der Waals surface area contributed by atoms with Gasteiger partial charge in [-0.2, -0.15) is 0 Å². The Bertz CT molecular complexity index is 1350. The minimum absolute atomic E-state index is 0.00594. The minimum Gasteiger partial charge on any atom is -0.377 e. The summed E-state index contributed by atoms with van der Waals surface area (Å²) in [7, 11) is 0. The summed E-state index contributed by atoms with van der Waals surface area (Å²) in [6.07, 6.45) is 2.19. The Morgan fingerprint density at radius 2 is 2.06 bits per heavy atom. The van der Waals surface area contributed by atoms with Crippen LogP contribution in [0.2, 0.25) is 0 Å². The molecule has 8 heteroatoms. The molecule has 2 aliphatic rings. The Labute approximate surface area is 183 Å². The van der Waals surface area contributed by atoms with Crippen LogP contribution in [-0.2, 0) is 16.0 Å². The van der Waals surface area contributed by atoms with Crippen molar-refractivity contribution >= 4 is 23.1 Å². The highest BCUT2D eigenvalue weighted by molar-refractivity contribution is 5.99. The molecule has 2 aliphatic heterocycles. The quantitative estimate of drug-likeness (QED) is 0.539. The zero-order valence-electron chi connectivity index (χ0n) is 17.2. The van der Waals surface area contributed by atoms with E-state index in [0.717, 1.165) is 39.5 Å². The monoisotopic (exact) mass is 429 g/mol. The summed E-state index contributed by atoms with van der Waals surface area (Å²) in [5.41, 5.74) is 5.16. The molecular formula is C24H20FN5O2. The molecule has 2 aromatic carbocycles. The zero-order chi connectivity index (χ0) is 21.7. The molecule has 0 aliphatic carbocycles. The second kappa shape index (κ2) is 7.42. The van der Waals surface area contributed by atoms with Crippen molar-refractivity contribution in [2.45, 2.75) is 12.5 Å². The van der Waals surface area contributed by atoms with E-state index in [-0.39, 0.29) is 17.8 Å². The third-order valence-electron chi connectivity index (χ3n) is 6.04. The number of imidazole rings is 1. The maximum absolute atomic E-state index is 13.9. The number of halogens is 1. The molecule has 32 heavy (non-hydrogen) atoms. The first kappa shape index (κ1) is 18.9. The Hall–Kier alpha value is -3.78. The fourth-order valence-electron chi connectivity index (χ4n) is 4.46. The van der Waals surface area contributed by atoms with Gasteiger partial charge in [-0.05, 0) is 41.5 Å². The van der Waals surface area contributed by atoms with Gasteiger partial charge in [0, 0.05) is 17.8 Å². The van der Waals surface area contributed by atoms with Gasteiger partial charge in [0.25, 0.3) is 0 Å². The number of benzene rings is 2. The average molecular weight is 429 g/mol. The van der Waals surface area contributed by atoms with Crippen molar-refractivity contribution in [2.24, 2.45) is 0 Å². The lowest BCUT2D eigenvalue weighted by molar-refractivity contribution is -0.115. The molecule has 4 aromatic rings. The number of nitrogens with zero attached hydrogens (tertiary/aromatic N) is 4. The zero-order valence-corrected chi connectivity index (χ0v) is 17.2. The van der Waals surface area contributed by atoms with Crippen LogP contribution in [0, 0.1) is 5.82 Å². The highest BCUT2D eigenvalue weighted by Gasteiger charge is 2.27. The van der Waals surface area contributed by atoms with Crippen LogP contribution in [0.15, 0.2) is 60.8 Å². The summed E-state index contributed by atoms with van der Waals surface area (Å²) in [4.78, 5) is 18.4. The van der Waals surface area contributed by atoms with Gasteiger partial charge in [-0.15, -0.1) is 5.10 Å². The molecule has 0 bridgehead atoms. The maximum atomic E-state index is 13.9. The van der Waals surface area contributed by atoms with Crippen LogP contribution in [-0.4, -0.2) is 40.3 Å². The SMILES string of the molecule is O=C1Cc2ccc(-c3cnc4ccc(N5CCOC[C@@H]5c5cccc(F)c5)nn34)cc2N1. The number of carbonyl (C=O) groups excluding carboxylic acids is 1. The molecule has 160 valence electrons. The highest BCUT2D eigenvalue weighted by atomic mass is 19.1. The largest absolute Gasteiger partial charge is 0.377 e. The van der Waals surface area contributed by atoms with Crippen LogP contribution in [0.4, 0.5) is 15.9 Å². The van der Waals surface area contributed by atoms with Crippen molar-refractivity contribution in [3.8, 4) is 11.3 Å². The summed E-state index contributed by atoms with van der Waals surface area (Å²) >= 11 is 0. The molecule has 7 nitrogen and oxygen atoms in total. The fraction of sp³-hybridized carbons (Fsp3) is 0.208. The Morgan fingerprint density at radius 3 is 2.97 bits per heavy atom. The summed E-state index contributed by atoms with van der Waals surface area (Å²) in [5.74, 6) is 0.507. The molecule has 1 atom stereocenters. The Kier molecular flexibility index (Phi) is 4.39. The van der Waals surface area contributed by atoms with Gasteiger partial charge < -0.3 is 15.0 Å². The van der Waals surface area contributed by atoms with Crippen LogP contribution in [0.25, 0.3) is 16.9 Å². The molecule has 1 amide bonds. The number of morpholine rings is 1. The Balaban J connectivity index is 1.40. The summed E-state index contributed by atoms with van der Waals surface area (Å²) < 4.78 is 21.4. The minimum atomic E-state index is -0.267. The summed E-state index contributed by atoms with van der Waals surface area (Å²) in [5, 5.41) is 7.78. The molecule has 1 saturated heterocycles. The van der Waals surface area contributed by atoms with Gasteiger partial charge in [-0.1, -0.05) is 24.3 Å². The molecule has 1 N–H and O–H groups in total. The normalized spacial score (nSPS) is 18.1. The van der Waals surface area contributed by atoms with Crippen molar-refractivity contribution in [1.29, 1.82) is 0 Å². The van der Waals surface area contributed by atoms with E-state index in [1.54, 1.807) is 18.3 Å². The van der Waals surface area contributed by atoms with Gasteiger partial charge in [0.1, 0.15) is 11.6 Å². The summed E-state index contributed by atoms with van der Waals surface area (Å²) in [6.45, 7) is 1.69.